The Balaban J connectivity index is 1.87. The van der Waals surface area contributed by atoms with E-state index >= 15 is 0 Å². The molecule has 5 heteroatoms. The third kappa shape index (κ3) is 4.90. The number of halogens is 1. The van der Waals surface area contributed by atoms with E-state index in [0.717, 1.165) is 11.3 Å². The van der Waals surface area contributed by atoms with Crippen molar-refractivity contribution in [3.63, 3.8) is 0 Å². The Kier molecular flexibility index (Phi) is 6.04. The Hall–Kier alpha value is -1.78. The summed E-state index contributed by atoms with van der Waals surface area (Å²) in [5.74, 6) is 0.847. The number of benzene rings is 1. The molecular formula is C17H21ClN2O2. The van der Waals surface area contributed by atoms with Crippen molar-refractivity contribution in [1.82, 2.24) is 10.2 Å². The van der Waals surface area contributed by atoms with Crippen molar-refractivity contribution in [3.05, 3.63) is 59.0 Å². The molecule has 0 aliphatic carbocycles. The maximum Gasteiger partial charge on any atom is 0.220 e. The molecule has 1 amide bonds. The monoisotopic (exact) mass is 320 g/mol. The zero-order valence-corrected chi connectivity index (χ0v) is 13.6. The van der Waals surface area contributed by atoms with Crippen molar-refractivity contribution >= 4 is 17.5 Å². The van der Waals surface area contributed by atoms with Gasteiger partial charge >= 0.3 is 0 Å². The summed E-state index contributed by atoms with van der Waals surface area (Å²) in [7, 11) is 3.97. The minimum absolute atomic E-state index is 0.0188. The van der Waals surface area contributed by atoms with Crippen LogP contribution >= 0.6 is 11.6 Å². The van der Waals surface area contributed by atoms with E-state index in [1.165, 1.54) is 0 Å². The Labute approximate surface area is 136 Å². The molecule has 1 N–H and O–H groups in total. The van der Waals surface area contributed by atoms with Gasteiger partial charge in [-0.2, -0.15) is 0 Å². The molecule has 0 aliphatic rings. The molecule has 0 fully saturated rings. The van der Waals surface area contributed by atoms with E-state index in [9.17, 15) is 4.79 Å². The van der Waals surface area contributed by atoms with Crippen molar-refractivity contribution in [3.8, 4) is 0 Å². The normalized spacial score (nSPS) is 12.4. The second kappa shape index (κ2) is 8.01. The molecule has 4 nitrogen and oxygen atoms in total. The zero-order valence-electron chi connectivity index (χ0n) is 12.9. The van der Waals surface area contributed by atoms with Gasteiger partial charge in [-0.1, -0.05) is 23.7 Å². The Bertz CT molecular complexity index is 596. The molecule has 2 aromatic rings. The van der Waals surface area contributed by atoms with Gasteiger partial charge in [-0.25, -0.2) is 0 Å². The highest BCUT2D eigenvalue weighted by Crippen LogP contribution is 2.21. The van der Waals surface area contributed by atoms with Crippen molar-refractivity contribution in [2.24, 2.45) is 0 Å². The zero-order chi connectivity index (χ0) is 15.9. The van der Waals surface area contributed by atoms with Crippen LogP contribution in [-0.2, 0) is 11.2 Å². The first-order chi connectivity index (χ1) is 10.6. The van der Waals surface area contributed by atoms with Crippen molar-refractivity contribution in [2.45, 2.75) is 18.9 Å². The lowest BCUT2D eigenvalue weighted by molar-refractivity contribution is -0.121. The van der Waals surface area contributed by atoms with Gasteiger partial charge in [-0.15, -0.1) is 0 Å². The van der Waals surface area contributed by atoms with Crippen LogP contribution in [-0.4, -0.2) is 31.4 Å². The molecule has 0 saturated carbocycles. The summed E-state index contributed by atoms with van der Waals surface area (Å²) in [5.41, 5.74) is 1.09. The number of hydrogen-bond donors (Lipinski definition) is 1. The van der Waals surface area contributed by atoms with E-state index < -0.39 is 0 Å². The van der Waals surface area contributed by atoms with Crippen LogP contribution in [0, 0.1) is 0 Å². The lowest BCUT2D eigenvalue weighted by Gasteiger charge is -2.25. The number of carbonyl (C=O) groups is 1. The highest BCUT2D eigenvalue weighted by Gasteiger charge is 2.15. The van der Waals surface area contributed by atoms with E-state index in [1.54, 1.807) is 6.26 Å². The van der Waals surface area contributed by atoms with Crippen LogP contribution < -0.4 is 5.32 Å². The molecule has 0 radical (unpaired) electrons. The molecule has 0 spiro atoms. The van der Waals surface area contributed by atoms with Gasteiger partial charge in [0.05, 0.1) is 12.3 Å². The Morgan fingerprint density at radius 3 is 2.77 bits per heavy atom. The highest BCUT2D eigenvalue weighted by atomic mass is 35.5. The third-order valence-corrected chi connectivity index (χ3v) is 3.76. The number of nitrogens with one attached hydrogen (secondary N) is 1. The van der Waals surface area contributed by atoms with Gasteiger partial charge < -0.3 is 14.6 Å². The van der Waals surface area contributed by atoms with Crippen LogP contribution in [0.4, 0.5) is 0 Å². The number of amides is 1. The van der Waals surface area contributed by atoms with E-state index in [0.29, 0.717) is 24.4 Å². The molecule has 0 bridgehead atoms. The Morgan fingerprint density at radius 2 is 2.14 bits per heavy atom. The van der Waals surface area contributed by atoms with Gasteiger partial charge in [0, 0.05) is 24.4 Å². The first kappa shape index (κ1) is 16.6. The maximum absolute atomic E-state index is 12.0. The highest BCUT2D eigenvalue weighted by molar-refractivity contribution is 6.30. The number of nitrogens with zero attached hydrogens (tertiary/aromatic N) is 1. The predicted octanol–water partition coefficient (Wildman–Crippen LogP) is 3.28. The molecule has 0 aliphatic heterocycles. The lowest BCUT2D eigenvalue weighted by Crippen LogP contribution is -2.34. The number of carbonyl (C=O) groups excluding carboxylic acids is 1. The largest absolute Gasteiger partial charge is 0.469 e. The lowest BCUT2D eigenvalue weighted by atomic mass is 10.1. The maximum atomic E-state index is 12.0. The minimum Gasteiger partial charge on any atom is -0.469 e. The van der Waals surface area contributed by atoms with Gasteiger partial charge in [-0.05, 0) is 43.9 Å². The summed E-state index contributed by atoms with van der Waals surface area (Å²) in [6.07, 6.45) is 2.65. The number of hydrogen-bond acceptors (Lipinski definition) is 3. The van der Waals surface area contributed by atoms with Crippen LogP contribution in [0.2, 0.25) is 5.02 Å². The summed E-state index contributed by atoms with van der Waals surface area (Å²) in [6, 6.07) is 11.5. The summed E-state index contributed by atoms with van der Waals surface area (Å²) in [6.45, 7) is 0.546. The SMILES string of the molecule is CN(C)C(CNC(=O)CCc1ccco1)c1cccc(Cl)c1. The predicted molar refractivity (Wildman–Crippen MR) is 87.9 cm³/mol. The molecule has 118 valence electrons. The fourth-order valence-corrected chi connectivity index (χ4v) is 2.50. The molecule has 1 aromatic carbocycles. The summed E-state index contributed by atoms with van der Waals surface area (Å²) in [4.78, 5) is 14.0. The average Bonchev–Trinajstić information content (AvgIpc) is 2.98. The fraction of sp³-hybridized carbons (Fsp3) is 0.353. The standard InChI is InChI=1S/C17H21ClN2O2/c1-20(2)16(13-5-3-6-14(18)11-13)12-19-17(21)9-8-15-7-4-10-22-15/h3-7,10-11,16H,8-9,12H2,1-2H3,(H,19,21). The van der Waals surface area contributed by atoms with Crippen LogP contribution in [0.25, 0.3) is 0 Å². The summed E-state index contributed by atoms with van der Waals surface area (Å²) < 4.78 is 5.23. The van der Waals surface area contributed by atoms with Crippen molar-refractivity contribution in [1.29, 1.82) is 0 Å². The van der Waals surface area contributed by atoms with Crippen LogP contribution in [0.3, 0.4) is 0 Å². The number of aryl methyl sites for hydroxylation is 1. The first-order valence-electron chi connectivity index (χ1n) is 7.27. The number of furan rings is 1. The van der Waals surface area contributed by atoms with Crippen LogP contribution in [0.1, 0.15) is 23.8 Å². The molecule has 0 saturated heterocycles. The average molecular weight is 321 g/mol. The van der Waals surface area contributed by atoms with E-state index in [-0.39, 0.29) is 11.9 Å². The molecule has 1 atom stereocenters. The first-order valence-corrected chi connectivity index (χ1v) is 7.65. The van der Waals surface area contributed by atoms with E-state index in [4.69, 9.17) is 16.0 Å². The second-order valence-corrected chi connectivity index (χ2v) is 5.85. The molecular weight excluding hydrogens is 300 g/mol. The van der Waals surface area contributed by atoms with Gasteiger partial charge in [0.15, 0.2) is 0 Å². The molecule has 2 rings (SSSR count). The van der Waals surface area contributed by atoms with Crippen LogP contribution in [0.5, 0.6) is 0 Å². The topological polar surface area (TPSA) is 45.5 Å². The minimum atomic E-state index is 0.0188. The number of likely N-dealkylation sites (N-methyl/N-ethyl adjacent to an activating group) is 1. The quantitative estimate of drug-likeness (QED) is 0.851. The molecule has 1 unspecified atom stereocenters. The van der Waals surface area contributed by atoms with Gasteiger partial charge in [0.1, 0.15) is 5.76 Å². The van der Waals surface area contributed by atoms with Crippen molar-refractivity contribution in [2.75, 3.05) is 20.6 Å². The van der Waals surface area contributed by atoms with Gasteiger partial charge in [0.25, 0.3) is 0 Å². The third-order valence-electron chi connectivity index (χ3n) is 3.53. The van der Waals surface area contributed by atoms with Gasteiger partial charge in [-0.3, -0.25) is 4.79 Å². The second-order valence-electron chi connectivity index (χ2n) is 5.42. The molecule has 1 aromatic heterocycles. The molecule has 22 heavy (non-hydrogen) atoms. The van der Waals surface area contributed by atoms with Gasteiger partial charge in [0.2, 0.25) is 5.91 Å². The van der Waals surface area contributed by atoms with E-state index in [2.05, 4.69) is 10.2 Å². The molecule has 1 heterocycles. The van der Waals surface area contributed by atoms with E-state index in [1.807, 2.05) is 50.5 Å². The summed E-state index contributed by atoms with van der Waals surface area (Å²) >= 11 is 6.05. The fourth-order valence-electron chi connectivity index (χ4n) is 2.30. The summed E-state index contributed by atoms with van der Waals surface area (Å²) in [5, 5.41) is 3.68. The van der Waals surface area contributed by atoms with Crippen LogP contribution in [0.15, 0.2) is 47.1 Å². The number of rotatable bonds is 7. The smallest absolute Gasteiger partial charge is 0.220 e. The Morgan fingerprint density at radius 1 is 1.32 bits per heavy atom. The van der Waals surface area contributed by atoms with Crippen molar-refractivity contribution < 1.29 is 9.21 Å².